The first-order valence-corrected chi connectivity index (χ1v) is 8.58. The Labute approximate surface area is 162 Å². The number of imide groups is 1. The van der Waals surface area contributed by atoms with Crippen LogP contribution in [0.5, 0.6) is 11.5 Å². The molecule has 0 aromatic heterocycles. The number of amides is 2. The van der Waals surface area contributed by atoms with E-state index in [-0.39, 0.29) is 27.7 Å². The van der Waals surface area contributed by atoms with Gasteiger partial charge in [0.05, 0.1) is 22.5 Å². The van der Waals surface area contributed by atoms with E-state index >= 15 is 0 Å². The van der Waals surface area contributed by atoms with E-state index < -0.39 is 22.0 Å². The summed E-state index contributed by atoms with van der Waals surface area (Å²) in [6.45, 7) is 0. The number of carbonyl (C=O) groups excluding carboxylic acids is 3. The minimum atomic E-state index is -0.712. The number of hydrogen-bond acceptors (Lipinski definition) is 8. The van der Waals surface area contributed by atoms with Crippen LogP contribution in [0.4, 0.5) is 10.5 Å². The van der Waals surface area contributed by atoms with Crippen molar-refractivity contribution in [3.05, 3.63) is 68.6 Å². The first-order chi connectivity index (χ1) is 13.4. The molecule has 1 heterocycles. The van der Waals surface area contributed by atoms with Crippen LogP contribution in [0.25, 0.3) is 6.08 Å². The number of rotatable bonds is 5. The van der Waals surface area contributed by atoms with Gasteiger partial charge in [-0.15, -0.1) is 0 Å². The smallest absolute Gasteiger partial charge is 0.343 e. The molecular weight excluding hydrogens is 388 g/mol. The highest BCUT2D eigenvalue weighted by Gasteiger charge is 2.25. The minimum Gasteiger partial charge on any atom is -0.493 e. The second kappa shape index (κ2) is 7.92. The number of esters is 1. The van der Waals surface area contributed by atoms with E-state index in [0.717, 1.165) is 11.8 Å². The Hall–Kier alpha value is -3.66. The molecule has 0 atom stereocenters. The third-order valence-electron chi connectivity index (χ3n) is 3.64. The zero-order valence-electron chi connectivity index (χ0n) is 14.3. The van der Waals surface area contributed by atoms with Gasteiger partial charge in [-0.1, -0.05) is 6.07 Å². The van der Waals surface area contributed by atoms with Gasteiger partial charge >= 0.3 is 5.97 Å². The summed E-state index contributed by atoms with van der Waals surface area (Å²) >= 11 is 0.785. The third-order valence-corrected chi connectivity index (χ3v) is 4.45. The normalized spacial score (nSPS) is 14.7. The number of non-ortho nitro benzene ring substituents is 1. The molecule has 3 rings (SSSR count). The van der Waals surface area contributed by atoms with E-state index in [1.807, 2.05) is 0 Å². The Morgan fingerprint density at radius 2 is 1.86 bits per heavy atom. The van der Waals surface area contributed by atoms with Gasteiger partial charge in [-0.3, -0.25) is 25.0 Å². The van der Waals surface area contributed by atoms with Crippen LogP contribution in [-0.2, 0) is 4.79 Å². The van der Waals surface area contributed by atoms with Crippen LogP contribution >= 0.6 is 11.8 Å². The van der Waals surface area contributed by atoms with E-state index in [4.69, 9.17) is 9.47 Å². The van der Waals surface area contributed by atoms with Gasteiger partial charge in [0.25, 0.3) is 16.8 Å². The van der Waals surface area contributed by atoms with Crippen LogP contribution < -0.4 is 14.8 Å². The molecule has 0 aliphatic carbocycles. The van der Waals surface area contributed by atoms with Crippen molar-refractivity contribution in [3.63, 3.8) is 0 Å². The molecule has 1 fully saturated rings. The zero-order valence-corrected chi connectivity index (χ0v) is 15.1. The molecule has 28 heavy (non-hydrogen) atoms. The fourth-order valence-corrected chi connectivity index (χ4v) is 2.99. The second-order valence-corrected chi connectivity index (χ2v) is 6.47. The molecule has 0 spiro atoms. The Morgan fingerprint density at radius 3 is 2.43 bits per heavy atom. The van der Waals surface area contributed by atoms with Crippen molar-refractivity contribution >= 4 is 40.6 Å². The molecule has 0 radical (unpaired) electrons. The standard InChI is InChI=1S/C18H12N2O7S/c1-26-14-8-10(9-15-16(21)19-18(23)28-15)2-7-13(14)27-17(22)11-3-5-12(6-4-11)20(24)25/h2-9H,1H3,(H,19,21,23)/b15-9-. The molecule has 2 aromatic carbocycles. The Balaban J connectivity index is 1.79. The molecule has 0 unspecified atom stereocenters. The molecule has 10 heteroatoms. The molecule has 1 N–H and O–H groups in total. The molecule has 0 saturated carbocycles. The number of thioether (sulfide) groups is 1. The summed E-state index contributed by atoms with van der Waals surface area (Å²) in [5.41, 5.74) is 0.564. The zero-order chi connectivity index (χ0) is 20.3. The number of methoxy groups -OCH3 is 1. The first kappa shape index (κ1) is 19.1. The summed E-state index contributed by atoms with van der Waals surface area (Å²) in [5, 5.41) is 12.4. The average molecular weight is 400 g/mol. The van der Waals surface area contributed by atoms with Gasteiger partial charge in [0.1, 0.15) is 0 Å². The van der Waals surface area contributed by atoms with Gasteiger partial charge in [0, 0.05) is 12.1 Å². The van der Waals surface area contributed by atoms with E-state index in [2.05, 4.69) is 5.32 Å². The minimum absolute atomic E-state index is 0.132. The fraction of sp³-hybridized carbons (Fsp3) is 0.0556. The van der Waals surface area contributed by atoms with Gasteiger partial charge in [0.2, 0.25) is 0 Å². The van der Waals surface area contributed by atoms with Crippen molar-refractivity contribution in [2.24, 2.45) is 0 Å². The van der Waals surface area contributed by atoms with E-state index in [9.17, 15) is 24.5 Å². The summed E-state index contributed by atoms with van der Waals surface area (Å²) in [7, 11) is 1.38. The molecule has 1 saturated heterocycles. The second-order valence-electron chi connectivity index (χ2n) is 5.46. The first-order valence-electron chi connectivity index (χ1n) is 7.77. The summed E-state index contributed by atoms with van der Waals surface area (Å²) < 4.78 is 10.5. The predicted octanol–water partition coefficient (Wildman–Crippen LogP) is 3.15. The quantitative estimate of drug-likeness (QED) is 0.267. The maximum Gasteiger partial charge on any atom is 0.343 e. The fourth-order valence-electron chi connectivity index (χ4n) is 2.31. The molecule has 1 aliphatic rings. The topological polar surface area (TPSA) is 125 Å². The Morgan fingerprint density at radius 1 is 1.14 bits per heavy atom. The molecule has 2 amide bonds. The SMILES string of the molecule is COc1cc(/C=C2\SC(=O)NC2=O)ccc1OC(=O)c1ccc([N+](=O)[O-])cc1. The number of nitrogens with one attached hydrogen (secondary N) is 1. The van der Waals surface area contributed by atoms with Gasteiger partial charge in [0.15, 0.2) is 11.5 Å². The summed E-state index contributed by atoms with van der Waals surface area (Å²) in [4.78, 5) is 45.4. The lowest BCUT2D eigenvalue weighted by molar-refractivity contribution is -0.384. The molecule has 9 nitrogen and oxygen atoms in total. The van der Waals surface area contributed by atoms with Crippen LogP contribution in [0.2, 0.25) is 0 Å². The van der Waals surface area contributed by atoms with Crippen molar-refractivity contribution in [1.82, 2.24) is 5.32 Å². The van der Waals surface area contributed by atoms with E-state index in [0.29, 0.717) is 5.56 Å². The summed E-state index contributed by atoms with van der Waals surface area (Å²) in [6.07, 6.45) is 1.51. The number of nitro benzene ring substituents is 1. The van der Waals surface area contributed by atoms with Crippen molar-refractivity contribution < 1.29 is 28.8 Å². The monoisotopic (exact) mass is 400 g/mol. The van der Waals surface area contributed by atoms with Gasteiger partial charge in [-0.05, 0) is 47.7 Å². The molecule has 2 aromatic rings. The maximum absolute atomic E-state index is 12.3. The number of nitro groups is 1. The predicted molar refractivity (Wildman–Crippen MR) is 100 cm³/mol. The highest BCUT2D eigenvalue weighted by Crippen LogP contribution is 2.32. The molecular formula is C18H12N2O7S. The number of carbonyl (C=O) groups is 3. The van der Waals surface area contributed by atoms with Gasteiger partial charge < -0.3 is 9.47 Å². The lowest BCUT2D eigenvalue weighted by Gasteiger charge is -2.10. The van der Waals surface area contributed by atoms with Crippen LogP contribution in [0.3, 0.4) is 0 Å². The largest absolute Gasteiger partial charge is 0.493 e. The highest BCUT2D eigenvalue weighted by atomic mass is 32.2. The van der Waals surface area contributed by atoms with Crippen molar-refractivity contribution in [2.75, 3.05) is 7.11 Å². The maximum atomic E-state index is 12.3. The third kappa shape index (κ3) is 4.18. The number of nitrogens with zero attached hydrogens (tertiary/aromatic N) is 1. The van der Waals surface area contributed by atoms with Crippen molar-refractivity contribution in [2.45, 2.75) is 0 Å². The van der Waals surface area contributed by atoms with Crippen molar-refractivity contribution in [1.29, 1.82) is 0 Å². The van der Waals surface area contributed by atoms with Crippen molar-refractivity contribution in [3.8, 4) is 11.5 Å². The van der Waals surface area contributed by atoms with Crippen LogP contribution in [0, 0.1) is 10.1 Å². The molecule has 142 valence electrons. The van der Waals surface area contributed by atoms with Gasteiger partial charge in [-0.2, -0.15) is 0 Å². The number of benzene rings is 2. The lowest BCUT2D eigenvalue weighted by Crippen LogP contribution is -2.17. The van der Waals surface area contributed by atoms with Crippen LogP contribution in [-0.4, -0.2) is 29.1 Å². The Kier molecular flexibility index (Phi) is 5.41. The van der Waals surface area contributed by atoms with Crippen LogP contribution in [0.1, 0.15) is 15.9 Å². The lowest BCUT2D eigenvalue weighted by atomic mass is 10.1. The molecule has 1 aliphatic heterocycles. The molecule has 0 bridgehead atoms. The van der Waals surface area contributed by atoms with E-state index in [1.54, 1.807) is 12.1 Å². The summed E-state index contributed by atoms with van der Waals surface area (Å²) in [6, 6.07) is 9.60. The van der Waals surface area contributed by atoms with Gasteiger partial charge in [-0.25, -0.2) is 4.79 Å². The average Bonchev–Trinajstić information content (AvgIpc) is 2.99. The highest BCUT2D eigenvalue weighted by molar-refractivity contribution is 8.18. The number of hydrogen-bond donors (Lipinski definition) is 1. The van der Waals surface area contributed by atoms with Crippen LogP contribution in [0.15, 0.2) is 47.4 Å². The van der Waals surface area contributed by atoms with E-state index in [1.165, 1.54) is 43.5 Å². The Bertz CT molecular complexity index is 1020. The summed E-state index contributed by atoms with van der Waals surface area (Å²) in [5.74, 6) is -0.829. The number of ether oxygens (including phenoxy) is 2.